The second-order valence-electron chi connectivity index (χ2n) is 4.29. The highest BCUT2D eigenvalue weighted by Crippen LogP contribution is 2.20. The zero-order valence-electron chi connectivity index (χ0n) is 9.52. The van der Waals surface area contributed by atoms with Crippen molar-refractivity contribution in [1.29, 1.82) is 0 Å². The number of nitrogens with zero attached hydrogens (tertiary/aromatic N) is 2. The Hall–Kier alpha value is -1.85. The molecule has 0 spiro atoms. The van der Waals surface area contributed by atoms with E-state index in [1.54, 1.807) is 24.0 Å². The van der Waals surface area contributed by atoms with Crippen molar-refractivity contribution in [2.24, 2.45) is 12.5 Å². The maximum absolute atomic E-state index is 11.5. The molecule has 2 N–H and O–H groups in total. The molecule has 0 saturated heterocycles. The molecule has 0 unspecified atom stereocenters. The van der Waals surface area contributed by atoms with Crippen LogP contribution in [-0.4, -0.2) is 26.8 Å². The smallest absolute Gasteiger partial charge is 0.309 e. The van der Waals surface area contributed by atoms with Crippen LogP contribution in [0.25, 0.3) is 0 Å². The van der Waals surface area contributed by atoms with Gasteiger partial charge in [0, 0.05) is 25.7 Å². The van der Waals surface area contributed by atoms with Crippen molar-refractivity contribution < 1.29 is 14.7 Å². The number of aromatic nitrogens is 2. The van der Waals surface area contributed by atoms with E-state index < -0.39 is 11.4 Å². The molecule has 6 nitrogen and oxygen atoms in total. The molecular weight excluding hydrogens is 210 g/mol. The van der Waals surface area contributed by atoms with E-state index in [0.29, 0.717) is 5.82 Å². The third kappa shape index (κ3) is 3.08. The van der Waals surface area contributed by atoms with Gasteiger partial charge in [-0.1, -0.05) is 0 Å². The summed E-state index contributed by atoms with van der Waals surface area (Å²) in [7, 11) is 1.73. The number of aliphatic carboxylic acids is 1. The van der Waals surface area contributed by atoms with E-state index in [9.17, 15) is 9.59 Å². The number of rotatable bonds is 4. The van der Waals surface area contributed by atoms with E-state index in [0.717, 1.165) is 0 Å². The Bertz CT molecular complexity index is 409. The van der Waals surface area contributed by atoms with Gasteiger partial charge in [0.15, 0.2) is 5.82 Å². The maximum Gasteiger partial charge on any atom is 0.309 e. The Morgan fingerprint density at radius 3 is 2.62 bits per heavy atom. The summed E-state index contributed by atoms with van der Waals surface area (Å²) in [5.41, 5.74) is -1.07. The Morgan fingerprint density at radius 2 is 2.19 bits per heavy atom. The summed E-state index contributed by atoms with van der Waals surface area (Å²) in [6.07, 6.45) is 1.61. The maximum atomic E-state index is 11.5. The monoisotopic (exact) mass is 225 g/mol. The third-order valence-electron chi connectivity index (χ3n) is 2.16. The lowest BCUT2D eigenvalue weighted by atomic mass is 9.89. The summed E-state index contributed by atoms with van der Waals surface area (Å²) in [5, 5.41) is 15.4. The lowest BCUT2D eigenvalue weighted by molar-refractivity contribution is -0.148. The SMILES string of the molecule is Cn1ccc(NC(=O)CC(C)(C)C(=O)O)n1. The largest absolute Gasteiger partial charge is 0.481 e. The summed E-state index contributed by atoms with van der Waals surface area (Å²) in [6, 6.07) is 1.64. The number of carboxylic acids is 1. The van der Waals surface area contributed by atoms with Crippen molar-refractivity contribution >= 4 is 17.7 Å². The zero-order valence-corrected chi connectivity index (χ0v) is 9.52. The average Bonchev–Trinajstić information content (AvgIpc) is 2.49. The van der Waals surface area contributed by atoms with E-state index in [2.05, 4.69) is 10.4 Å². The first-order chi connectivity index (χ1) is 7.31. The molecule has 16 heavy (non-hydrogen) atoms. The predicted molar refractivity (Wildman–Crippen MR) is 57.9 cm³/mol. The summed E-state index contributed by atoms with van der Waals surface area (Å²) < 4.78 is 1.55. The molecular formula is C10H15N3O3. The first-order valence-corrected chi connectivity index (χ1v) is 4.84. The van der Waals surface area contributed by atoms with Gasteiger partial charge in [-0.3, -0.25) is 14.3 Å². The topological polar surface area (TPSA) is 84.2 Å². The molecule has 1 aromatic rings. The third-order valence-corrected chi connectivity index (χ3v) is 2.16. The molecule has 6 heteroatoms. The highest BCUT2D eigenvalue weighted by Gasteiger charge is 2.30. The van der Waals surface area contributed by atoms with Crippen molar-refractivity contribution in [2.45, 2.75) is 20.3 Å². The fraction of sp³-hybridized carbons (Fsp3) is 0.500. The highest BCUT2D eigenvalue weighted by molar-refractivity contribution is 5.93. The van der Waals surface area contributed by atoms with Gasteiger partial charge in [-0.25, -0.2) is 0 Å². The minimum atomic E-state index is -1.07. The van der Waals surface area contributed by atoms with Crippen LogP contribution in [0.5, 0.6) is 0 Å². The number of nitrogens with one attached hydrogen (secondary N) is 1. The first-order valence-electron chi connectivity index (χ1n) is 4.84. The number of carbonyl (C=O) groups excluding carboxylic acids is 1. The van der Waals surface area contributed by atoms with Crippen LogP contribution in [0.2, 0.25) is 0 Å². The van der Waals surface area contributed by atoms with Gasteiger partial charge in [0.05, 0.1) is 5.41 Å². The van der Waals surface area contributed by atoms with Crippen LogP contribution in [0.1, 0.15) is 20.3 Å². The molecule has 1 aromatic heterocycles. The number of hydrogen-bond acceptors (Lipinski definition) is 3. The van der Waals surface area contributed by atoms with Crippen LogP contribution in [0.3, 0.4) is 0 Å². The molecule has 0 atom stereocenters. The lowest BCUT2D eigenvalue weighted by Crippen LogP contribution is -2.29. The normalized spacial score (nSPS) is 11.2. The van der Waals surface area contributed by atoms with Crippen LogP contribution < -0.4 is 5.32 Å². The first kappa shape index (κ1) is 12.2. The molecule has 0 aliphatic rings. The Kier molecular flexibility index (Phi) is 3.31. The van der Waals surface area contributed by atoms with E-state index in [1.807, 2.05) is 0 Å². The summed E-state index contributed by atoms with van der Waals surface area (Å²) in [6.45, 7) is 3.01. The minimum Gasteiger partial charge on any atom is -0.481 e. The molecule has 0 aliphatic carbocycles. The van der Waals surface area contributed by atoms with E-state index in [1.165, 1.54) is 13.8 Å². The Morgan fingerprint density at radius 1 is 1.56 bits per heavy atom. The second kappa shape index (κ2) is 4.34. The number of anilines is 1. The van der Waals surface area contributed by atoms with Gasteiger partial charge in [0.25, 0.3) is 0 Å². The molecule has 0 radical (unpaired) electrons. The average molecular weight is 225 g/mol. The van der Waals surface area contributed by atoms with E-state index in [4.69, 9.17) is 5.11 Å². The minimum absolute atomic E-state index is 0.0844. The molecule has 0 fully saturated rings. The van der Waals surface area contributed by atoms with E-state index in [-0.39, 0.29) is 12.3 Å². The van der Waals surface area contributed by atoms with Gasteiger partial charge in [-0.15, -0.1) is 0 Å². The fourth-order valence-corrected chi connectivity index (χ4v) is 1.15. The number of carbonyl (C=O) groups is 2. The molecule has 1 heterocycles. The molecule has 0 bridgehead atoms. The van der Waals surface area contributed by atoms with Gasteiger partial charge >= 0.3 is 5.97 Å². The summed E-state index contributed by atoms with van der Waals surface area (Å²) in [4.78, 5) is 22.3. The van der Waals surface area contributed by atoms with Crippen molar-refractivity contribution in [3.05, 3.63) is 12.3 Å². The summed E-state index contributed by atoms with van der Waals surface area (Å²) in [5.74, 6) is -0.927. The van der Waals surface area contributed by atoms with Crippen LogP contribution in [-0.2, 0) is 16.6 Å². The second-order valence-corrected chi connectivity index (χ2v) is 4.29. The zero-order chi connectivity index (χ0) is 12.3. The van der Waals surface area contributed by atoms with Crippen molar-refractivity contribution in [1.82, 2.24) is 9.78 Å². The van der Waals surface area contributed by atoms with Gasteiger partial charge < -0.3 is 10.4 Å². The van der Waals surface area contributed by atoms with E-state index >= 15 is 0 Å². The number of hydrogen-bond donors (Lipinski definition) is 2. The highest BCUT2D eigenvalue weighted by atomic mass is 16.4. The molecule has 1 rings (SSSR count). The fourth-order valence-electron chi connectivity index (χ4n) is 1.15. The van der Waals surface area contributed by atoms with Gasteiger partial charge in [-0.2, -0.15) is 5.10 Å². The summed E-state index contributed by atoms with van der Waals surface area (Å²) >= 11 is 0. The van der Waals surface area contributed by atoms with Crippen molar-refractivity contribution in [3.63, 3.8) is 0 Å². The van der Waals surface area contributed by atoms with Crippen molar-refractivity contribution in [3.8, 4) is 0 Å². The van der Waals surface area contributed by atoms with Gasteiger partial charge in [-0.05, 0) is 13.8 Å². The quantitative estimate of drug-likeness (QED) is 0.796. The van der Waals surface area contributed by atoms with Gasteiger partial charge in [0.2, 0.25) is 5.91 Å². The van der Waals surface area contributed by atoms with Crippen LogP contribution >= 0.6 is 0 Å². The predicted octanol–water partition coefficient (Wildman–Crippen LogP) is 0.859. The molecule has 1 amide bonds. The van der Waals surface area contributed by atoms with Crippen LogP contribution in [0.15, 0.2) is 12.3 Å². The Labute approximate surface area is 93.3 Å². The van der Waals surface area contributed by atoms with Crippen LogP contribution in [0, 0.1) is 5.41 Å². The number of amides is 1. The molecule has 0 saturated carbocycles. The Balaban J connectivity index is 2.58. The standard InChI is InChI=1S/C10H15N3O3/c1-10(2,9(15)16)6-8(14)11-7-4-5-13(3)12-7/h4-5H,6H2,1-3H3,(H,15,16)(H,11,12,14). The molecule has 0 aliphatic heterocycles. The van der Waals surface area contributed by atoms with Gasteiger partial charge in [0.1, 0.15) is 0 Å². The van der Waals surface area contributed by atoms with Crippen molar-refractivity contribution in [2.75, 3.05) is 5.32 Å². The lowest BCUT2D eigenvalue weighted by Gasteiger charge is -2.17. The molecule has 88 valence electrons. The molecule has 0 aromatic carbocycles. The number of aryl methyl sites for hydroxylation is 1. The number of carboxylic acid groups (broad SMARTS) is 1. The van der Waals surface area contributed by atoms with Crippen LogP contribution in [0.4, 0.5) is 5.82 Å².